The maximum atomic E-state index is 12.8. The molecule has 0 spiro atoms. The predicted octanol–water partition coefficient (Wildman–Crippen LogP) is 2.42. The fourth-order valence-electron chi connectivity index (χ4n) is 1.82. The van der Waals surface area contributed by atoms with Crippen LogP contribution in [-0.2, 0) is 0 Å². The number of ether oxygens (including phenoxy) is 1. The number of nitrogens with zero attached hydrogens (tertiary/aromatic N) is 2. The number of amides is 1. The number of carbonyl (C=O) groups is 1. The number of rotatable bonds is 8. The highest BCUT2D eigenvalue weighted by molar-refractivity contribution is 5.93. The number of carbonyl (C=O) groups excluding carboxylic acids is 1. The number of pyridine rings is 1. The number of alkyl halides is 4. The molecule has 0 bridgehead atoms. The molecule has 0 aliphatic carbocycles. The molecule has 24 heavy (non-hydrogen) atoms. The van der Waals surface area contributed by atoms with Gasteiger partial charge in [-0.2, -0.15) is 8.78 Å². The second-order valence-electron chi connectivity index (χ2n) is 6.27. The lowest BCUT2D eigenvalue weighted by Crippen LogP contribution is -2.39. The Kier molecular flexibility index (Phi) is 6.53. The number of aromatic nitrogens is 1. The van der Waals surface area contributed by atoms with Crippen molar-refractivity contribution in [1.82, 2.24) is 9.88 Å². The molecule has 0 aromatic carbocycles. The van der Waals surface area contributed by atoms with Crippen LogP contribution in [0.1, 0.15) is 24.2 Å². The van der Waals surface area contributed by atoms with E-state index >= 15 is 0 Å². The molecule has 0 radical (unpaired) electrons. The highest BCUT2D eigenvalue weighted by Gasteiger charge is 2.41. The standard InChI is InChI=1S/C15H21F4N3O2/c1-14(2,7-20)8-22(3)12(23)10-4-5-11(21-6-10)24-9-15(18,19)13(16)17/h4-6,13H,7-9,20H2,1-3H3. The lowest BCUT2D eigenvalue weighted by Gasteiger charge is -2.29. The summed E-state index contributed by atoms with van der Waals surface area (Å²) in [5.41, 5.74) is 5.58. The summed E-state index contributed by atoms with van der Waals surface area (Å²) in [6.45, 7) is 3.15. The lowest BCUT2D eigenvalue weighted by atomic mass is 9.93. The summed E-state index contributed by atoms with van der Waals surface area (Å²) < 4.78 is 54.1. The van der Waals surface area contributed by atoms with Crippen LogP contribution < -0.4 is 10.5 Å². The first-order chi connectivity index (χ1) is 11.0. The molecule has 5 nitrogen and oxygen atoms in total. The van der Waals surface area contributed by atoms with Crippen molar-refractivity contribution in [2.24, 2.45) is 11.1 Å². The predicted molar refractivity (Wildman–Crippen MR) is 80.5 cm³/mol. The zero-order chi connectivity index (χ0) is 18.5. The molecule has 1 amide bonds. The molecule has 2 N–H and O–H groups in total. The van der Waals surface area contributed by atoms with Gasteiger partial charge in [-0.1, -0.05) is 13.8 Å². The summed E-state index contributed by atoms with van der Waals surface area (Å²) in [4.78, 5) is 17.4. The Balaban J connectivity index is 2.68. The van der Waals surface area contributed by atoms with Crippen LogP contribution in [0.2, 0.25) is 0 Å². The van der Waals surface area contributed by atoms with Crippen molar-refractivity contribution in [2.45, 2.75) is 26.2 Å². The van der Waals surface area contributed by atoms with Gasteiger partial charge in [-0.05, 0) is 18.0 Å². The smallest absolute Gasteiger partial charge is 0.340 e. The SMILES string of the molecule is CN(CC(C)(C)CN)C(=O)c1ccc(OCC(F)(F)C(F)F)nc1. The first-order valence-corrected chi connectivity index (χ1v) is 7.19. The van der Waals surface area contributed by atoms with Gasteiger partial charge in [-0.25, -0.2) is 13.8 Å². The third-order valence-electron chi connectivity index (χ3n) is 3.28. The number of hydrogen-bond acceptors (Lipinski definition) is 4. The maximum Gasteiger partial charge on any atom is 0.340 e. The topological polar surface area (TPSA) is 68.5 Å². The van der Waals surface area contributed by atoms with Gasteiger partial charge in [0.1, 0.15) is 0 Å². The van der Waals surface area contributed by atoms with Crippen LogP contribution in [0.25, 0.3) is 0 Å². The summed E-state index contributed by atoms with van der Waals surface area (Å²) in [5.74, 6) is -4.85. The largest absolute Gasteiger partial charge is 0.471 e. The second kappa shape index (κ2) is 7.78. The molecule has 0 saturated carbocycles. The maximum absolute atomic E-state index is 12.8. The van der Waals surface area contributed by atoms with Gasteiger partial charge >= 0.3 is 12.3 Å². The quantitative estimate of drug-likeness (QED) is 0.731. The number of halogens is 4. The van der Waals surface area contributed by atoms with Gasteiger partial charge in [0.05, 0.1) is 5.56 Å². The van der Waals surface area contributed by atoms with Crippen molar-refractivity contribution >= 4 is 5.91 Å². The lowest BCUT2D eigenvalue weighted by molar-refractivity contribution is -0.148. The van der Waals surface area contributed by atoms with E-state index in [4.69, 9.17) is 5.73 Å². The van der Waals surface area contributed by atoms with Gasteiger partial charge in [0, 0.05) is 25.9 Å². The van der Waals surface area contributed by atoms with Crippen LogP contribution in [0.15, 0.2) is 18.3 Å². The Bertz CT molecular complexity index is 550. The van der Waals surface area contributed by atoms with Gasteiger partial charge in [-0.3, -0.25) is 4.79 Å². The molecule has 0 saturated heterocycles. The van der Waals surface area contributed by atoms with E-state index in [9.17, 15) is 22.4 Å². The second-order valence-corrected chi connectivity index (χ2v) is 6.27. The first-order valence-electron chi connectivity index (χ1n) is 7.19. The van der Waals surface area contributed by atoms with E-state index in [2.05, 4.69) is 9.72 Å². The van der Waals surface area contributed by atoms with E-state index in [1.807, 2.05) is 13.8 Å². The molecule has 9 heteroatoms. The summed E-state index contributed by atoms with van der Waals surface area (Å²) in [7, 11) is 1.60. The van der Waals surface area contributed by atoms with Crippen LogP contribution in [0, 0.1) is 5.41 Å². The van der Waals surface area contributed by atoms with Crippen molar-refractivity contribution < 1.29 is 27.1 Å². The zero-order valence-corrected chi connectivity index (χ0v) is 13.7. The molecule has 1 rings (SSSR count). The third-order valence-corrected chi connectivity index (χ3v) is 3.28. The number of hydrogen-bond donors (Lipinski definition) is 1. The van der Waals surface area contributed by atoms with E-state index in [1.54, 1.807) is 7.05 Å². The molecular weight excluding hydrogens is 330 g/mol. The normalized spacial score (nSPS) is 12.4. The van der Waals surface area contributed by atoms with Crippen molar-refractivity contribution in [3.63, 3.8) is 0 Å². The van der Waals surface area contributed by atoms with Crippen LogP contribution in [0.3, 0.4) is 0 Å². The van der Waals surface area contributed by atoms with Crippen LogP contribution in [-0.4, -0.2) is 54.9 Å². The fourth-order valence-corrected chi connectivity index (χ4v) is 1.82. The fraction of sp³-hybridized carbons (Fsp3) is 0.600. The Hall–Kier alpha value is -1.90. The zero-order valence-electron chi connectivity index (χ0n) is 13.7. The Morgan fingerprint density at radius 1 is 1.38 bits per heavy atom. The van der Waals surface area contributed by atoms with E-state index in [0.717, 1.165) is 6.20 Å². The minimum atomic E-state index is -4.26. The van der Waals surface area contributed by atoms with E-state index in [-0.39, 0.29) is 22.8 Å². The van der Waals surface area contributed by atoms with E-state index in [0.29, 0.717) is 13.1 Å². The summed E-state index contributed by atoms with van der Waals surface area (Å²) in [5, 5.41) is 0. The highest BCUT2D eigenvalue weighted by Crippen LogP contribution is 2.24. The van der Waals surface area contributed by atoms with Gasteiger partial charge in [-0.15, -0.1) is 0 Å². The summed E-state index contributed by atoms with van der Waals surface area (Å²) in [6.07, 6.45) is -2.68. The minimum absolute atomic E-state index is 0.221. The Morgan fingerprint density at radius 2 is 2.00 bits per heavy atom. The molecular formula is C15H21F4N3O2. The Morgan fingerprint density at radius 3 is 2.46 bits per heavy atom. The van der Waals surface area contributed by atoms with E-state index in [1.165, 1.54) is 17.0 Å². The average Bonchev–Trinajstić information content (AvgIpc) is 2.52. The molecule has 136 valence electrons. The van der Waals surface area contributed by atoms with E-state index < -0.39 is 19.0 Å². The molecule has 0 aliphatic rings. The molecule has 1 aromatic rings. The Labute approximate surface area is 137 Å². The minimum Gasteiger partial charge on any atom is -0.471 e. The van der Waals surface area contributed by atoms with Crippen LogP contribution in [0.5, 0.6) is 5.88 Å². The van der Waals surface area contributed by atoms with Crippen molar-refractivity contribution in [1.29, 1.82) is 0 Å². The average molecular weight is 351 g/mol. The first kappa shape index (κ1) is 20.1. The summed E-state index contributed by atoms with van der Waals surface area (Å²) >= 11 is 0. The number of nitrogens with two attached hydrogens (primary N) is 1. The van der Waals surface area contributed by atoms with Crippen molar-refractivity contribution in [3.8, 4) is 5.88 Å². The molecule has 0 fully saturated rings. The van der Waals surface area contributed by atoms with Gasteiger partial charge in [0.2, 0.25) is 5.88 Å². The van der Waals surface area contributed by atoms with Gasteiger partial charge < -0.3 is 15.4 Å². The van der Waals surface area contributed by atoms with Crippen LogP contribution in [0.4, 0.5) is 17.6 Å². The third kappa shape index (κ3) is 5.63. The summed E-state index contributed by atoms with van der Waals surface area (Å²) in [6, 6.07) is 2.51. The molecule has 1 heterocycles. The van der Waals surface area contributed by atoms with Crippen molar-refractivity contribution in [2.75, 3.05) is 26.7 Å². The molecule has 0 atom stereocenters. The van der Waals surface area contributed by atoms with Crippen LogP contribution >= 0.6 is 0 Å². The van der Waals surface area contributed by atoms with Gasteiger partial charge in [0.25, 0.3) is 5.91 Å². The van der Waals surface area contributed by atoms with Crippen molar-refractivity contribution in [3.05, 3.63) is 23.9 Å². The molecule has 0 unspecified atom stereocenters. The molecule has 0 aliphatic heterocycles. The highest BCUT2D eigenvalue weighted by atomic mass is 19.3. The van der Waals surface area contributed by atoms with Gasteiger partial charge in [0.15, 0.2) is 6.61 Å². The monoisotopic (exact) mass is 351 g/mol. The molecule has 1 aromatic heterocycles.